The van der Waals surface area contributed by atoms with Crippen molar-refractivity contribution in [1.82, 2.24) is 10.2 Å². The molecule has 0 saturated carbocycles. The number of primary amides is 1. The van der Waals surface area contributed by atoms with Crippen molar-refractivity contribution in [3.8, 4) is 0 Å². The first-order valence-corrected chi connectivity index (χ1v) is 9.78. The fraction of sp³-hybridized carbons (Fsp3) is 0.409. The lowest BCUT2D eigenvalue weighted by Crippen LogP contribution is -2.54. The third-order valence-electron chi connectivity index (χ3n) is 5.00. The van der Waals surface area contributed by atoms with Crippen LogP contribution in [-0.2, 0) is 11.3 Å². The molecule has 3 N–H and O–H groups in total. The minimum atomic E-state index is -0.229. The van der Waals surface area contributed by atoms with E-state index in [4.69, 9.17) is 5.73 Å². The zero-order valence-corrected chi connectivity index (χ0v) is 15.9. The van der Waals surface area contributed by atoms with Crippen LogP contribution in [0.4, 0.5) is 5.69 Å². The topological polar surface area (TPSA) is 61.6 Å². The van der Waals surface area contributed by atoms with Gasteiger partial charge in [-0.2, -0.15) is 0 Å². The molecule has 1 heterocycles. The van der Waals surface area contributed by atoms with E-state index in [2.05, 4.69) is 69.7 Å². The second-order valence-electron chi connectivity index (χ2n) is 7.22. The van der Waals surface area contributed by atoms with E-state index in [-0.39, 0.29) is 5.91 Å². The molecule has 1 atom stereocenters. The molecule has 0 bridgehead atoms. The predicted molar refractivity (Wildman–Crippen MR) is 111 cm³/mol. The summed E-state index contributed by atoms with van der Waals surface area (Å²) >= 11 is 0. The first kappa shape index (κ1) is 19.4. The molecule has 1 unspecified atom stereocenters. The third kappa shape index (κ3) is 6.38. The largest absolute Gasteiger partial charge is 0.370 e. The minimum Gasteiger partial charge on any atom is -0.370 e. The lowest BCUT2D eigenvalue weighted by molar-refractivity contribution is -0.118. The lowest BCUT2D eigenvalue weighted by Gasteiger charge is -2.37. The van der Waals surface area contributed by atoms with Crippen LogP contribution < -0.4 is 16.0 Å². The van der Waals surface area contributed by atoms with Crippen LogP contribution in [0, 0.1) is 0 Å². The van der Waals surface area contributed by atoms with Gasteiger partial charge in [0.2, 0.25) is 5.91 Å². The number of nitrogens with one attached hydrogen (secondary N) is 1. The van der Waals surface area contributed by atoms with Gasteiger partial charge in [0.25, 0.3) is 0 Å². The predicted octanol–water partition coefficient (Wildman–Crippen LogP) is 2.23. The summed E-state index contributed by atoms with van der Waals surface area (Å²) in [4.78, 5) is 16.0. The highest BCUT2D eigenvalue weighted by Crippen LogP contribution is 2.16. The maximum atomic E-state index is 11.1. The Morgan fingerprint density at radius 3 is 2.52 bits per heavy atom. The number of hydrogen-bond donors (Lipinski definition) is 2. The molecule has 5 nitrogen and oxygen atoms in total. The Balaban J connectivity index is 1.59. The Bertz CT molecular complexity index is 692. The average Bonchev–Trinajstić information content (AvgIpc) is 2.69. The van der Waals surface area contributed by atoms with Crippen molar-refractivity contribution in [2.75, 3.05) is 37.6 Å². The van der Waals surface area contributed by atoms with Crippen LogP contribution in [0.1, 0.15) is 18.4 Å². The molecule has 1 fully saturated rings. The van der Waals surface area contributed by atoms with Crippen LogP contribution in [0.15, 0.2) is 60.7 Å². The number of para-hydroxylation sites is 1. The molecule has 3 rings (SSSR count). The van der Waals surface area contributed by atoms with Gasteiger partial charge in [0.15, 0.2) is 0 Å². The molecule has 5 heteroatoms. The number of rotatable bonds is 9. The summed E-state index contributed by atoms with van der Waals surface area (Å²) in [5, 5.41) is 3.66. The standard InChI is InChI=1S/C22H30N4O/c23-22(27)12-7-14-26(21-10-5-2-6-11-21)18-20-17-25(15-13-24-20)16-19-8-3-1-4-9-19/h1-6,8-11,20,24H,7,12-18H2,(H2,23,27). The Morgan fingerprint density at radius 2 is 1.81 bits per heavy atom. The van der Waals surface area contributed by atoms with Crippen LogP contribution in [0.25, 0.3) is 0 Å². The molecule has 2 aromatic rings. The van der Waals surface area contributed by atoms with Crippen molar-refractivity contribution in [3.63, 3.8) is 0 Å². The summed E-state index contributed by atoms with van der Waals surface area (Å²) in [5.74, 6) is -0.229. The molecule has 1 aliphatic heterocycles. The number of benzene rings is 2. The van der Waals surface area contributed by atoms with E-state index in [0.717, 1.165) is 45.7 Å². The van der Waals surface area contributed by atoms with E-state index in [9.17, 15) is 4.79 Å². The van der Waals surface area contributed by atoms with Gasteiger partial charge in [-0.1, -0.05) is 48.5 Å². The Kier molecular flexibility index (Phi) is 7.25. The van der Waals surface area contributed by atoms with Crippen molar-refractivity contribution in [1.29, 1.82) is 0 Å². The fourth-order valence-electron chi connectivity index (χ4n) is 3.68. The van der Waals surface area contributed by atoms with Crippen LogP contribution >= 0.6 is 0 Å². The second-order valence-corrected chi connectivity index (χ2v) is 7.22. The van der Waals surface area contributed by atoms with Gasteiger partial charge in [0, 0.05) is 57.4 Å². The smallest absolute Gasteiger partial charge is 0.217 e. The number of piperazine rings is 1. The maximum absolute atomic E-state index is 11.1. The number of anilines is 1. The van der Waals surface area contributed by atoms with E-state index in [1.807, 2.05) is 6.07 Å². The lowest BCUT2D eigenvalue weighted by atomic mass is 10.1. The molecular weight excluding hydrogens is 336 g/mol. The zero-order valence-electron chi connectivity index (χ0n) is 15.9. The maximum Gasteiger partial charge on any atom is 0.217 e. The van der Waals surface area contributed by atoms with Gasteiger partial charge in [-0.15, -0.1) is 0 Å². The summed E-state index contributed by atoms with van der Waals surface area (Å²) in [5.41, 5.74) is 7.88. The summed E-state index contributed by atoms with van der Waals surface area (Å²) in [7, 11) is 0. The highest BCUT2D eigenvalue weighted by molar-refractivity contribution is 5.73. The summed E-state index contributed by atoms with van der Waals surface area (Å²) < 4.78 is 0. The van der Waals surface area contributed by atoms with E-state index < -0.39 is 0 Å². The van der Waals surface area contributed by atoms with E-state index in [1.165, 1.54) is 11.3 Å². The quantitative estimate of drug-likeness (QED) is 0.714. The van der Waals surface area contributed by atoms with Crippen molar-refractivity contribution in [2.45, 2.75) is 25.4 Å². The highest BCUT2D eigenvalue weighted by atomic mass is 16.1. The SMILES string of the molecule is NC(=O)CCCN(CC1CN(Cc2ccccc2)CCN1)c1ccccc1. The van der Waals surface area contributed by atoms with Crippen molar-refractivity contribution in [3.05, 3.63) is 66.2 Å². The molecule has 0 aliphatic carbocycles. The van der Waals surface area contributed by atoms with Gasteiger partial charge in [0.05, 0.1) is 0 Å². The highest BCUT2D eigenvalue weighted by Gasteiger charge is 2.22. The first-order valence-electron chi connectivity index (χ1n) is 9.78. The molecule has 144 valence electrons. The molecule has 0 radical (unpaired) electrons. The summed E-state index contributed by atoms with van der Waals surface area (Å²) in [6, 6.07) is 21.5. The summed E-state index contributed by atoms with van der Waals surface area (Å²) in [6.45, 7) is 5.85. The van der Waals surface area contributed by atoms with Gasteiger partial charge in [-0.25, -0.2) is 0 Å². The van der Waals surface area contributed by atoms with Crippen LogP contribution in [0.2, 0.25) is 0 Å². The van der Waals surface area contributed by atoms with E-state index >= 15 is 0 Å². The second kappa shape index (κ2) is 10.1. The monoisotopic (exact) mass is 366 g/mol. The molecule has 1 amide bonds. The van der Waals surface area contributed by atoms with Crippen molar-refractivity contribution < 1.29 is 4.79 Å². The summed E-state index contributed by atoms with van der Waals surface area (Å²) in [6.07, 6.45) is 1.21. The number of nitrogens with two attached hydrogens (primary N) is 1. The fourth-order valence-corrected chi connectivity index (χ4v) is 3.68. The van der Waals surface area contributed by atoms with Gasteiger partial charge in [0.1, 0.15) is 0 Å². The number of carbonyl (C=O) groups is 1. The molecule has 1 saturated heterocycles. The number of carbonyl (C=O) groups excluding carboxylic acids is 1. The van der Waals surface area contributed by atoms with Crippen LogP contribution in [0.5, 0.6) is 0 Å². The van der Waals surface area contributed by atoms with Gasteiger partial charge >= 0.3 is 0 Å². The molecule has 2 aromatic carbocycles. The first-order chi connectivity index (χ1) is 13.2. The Labute approximate surface area is 162 Å². The molecule has 0 spiro atoms. The van der Waals surface area contributed by atoms with Crippen LogP contribution in [-0.4, -0.2) is 49.6 Å². The molecular formula is C22H30N4O. The Hall–Kier alpha value is -2.37. The zero-order chi connectivity index (χ0) is 18.9. The van der Waals surface area contributed by atoms with Crippen LogP contribution in [0.3, 0.4) is 0 Å². The number of nitrogens with zero attached hydrogens (tertiary/aromatic N) is 2. The third-order valence-corrected chi connectivity index (χ3v) is 5.00. The Morgan fingerprint density at radius 1 is 1.11 bits per heavy atom. The molecule has 0 aromatic heterocycles. The van der Waals surface area contributed by atoms with Crippen molar-refractivity contribution in [2.24, 2.45) is 5.73 Å². The molecule has 27 heavy (non-hydrogen) atoms. The normalized spacial score (nSPS) is 17.6. The van der Waals surface area contributed by atoms with Gasteiger partial charge in [-0.05, 0) is 24.1 Å². The van der Waals surface area contributed by atoms with Gasteiger partial charge in [-0.3, -0.25) is 9.69 Å². The van der Waals surface area contributed by atoms with E-state index in [1.54, 1.807) is 0 Å². The van der Waals surface area contributed by atoms with Crippen molar-refractivity contribution >= 4 is 11.6 Å². The average molecular weight is 367 g/mol. The van der Waals surface area contributed by atoms with Gasteiger partial charge < -0.3 is 16.0 Å². The molecule has 1 aliphatic rings. The minimum absolute atomic E-state index is 0.229. The number of hydrogen-bond acceptors (Lipinski definition) is 4. The number of amides is 1. The van der Waals surface area contributed by atoms with E-state index in [0.29, 0.717) is 12.5 Å².